The summed E-state index contributed by atoms with van der Waals surface area (Å²) in [5.41, 5.74) is 2.34. The fraction of sp³-hybridized carbons (Fsp3) is 0.531. The van der Waals surface area contributed by atoms with Gasteiger partial charge in [0.15, 0.2) is 11.5 Å². The first-order valence-corrected chi connectivity index (χ1v) is 14.6. The number of methoxy groups -OCH3 is 3. The molecule has 0 aliphatic heterocycles. The maximum Gasteiger partial charge on any atom is 0.251 e. The second-order valence-electron chi connectivity index (χ2n) is 10.4. The van der Waals surface area contributed by atoms with Crippen LogP contribution in [0.1, 0.15) is 76.0 Å². The fourth-order valence-corrected chi connectivity index (χ4v) is 5.13. The number of carbonyl (C=O) groups excluding carboxylic acids is 2. The largest absolute Gasteiger partial charge is 0.493 e. The van der Waals surface area contributed by atoms with Gasteiger partial charge in [0.2, 0.25) is 11.7 Å². The molecule has 0 spiro atoms. The van der Waals surface area contributed by atoms with Crippen LogP contribution in [0.5, 0.6) is 17.2 Å². The summed E-state index contributed by atoms with van der Waals surface area (Å²) in [5.74, 6) is 2.19. The Morgan fingerprint density at radius 2 is 1.56 bits per heavy atom. The number of rotatable bonds is 16. The van der Waals surface area contributed by atoms with Crippen LogP contribution in [0.15, 0.2) is 36.4 Å². The van der Waals surface area contributed by atoms with Crippen molar-refractivity contribution < 1.29 is 23.8 Å². The monoisotopic (exact) mass is 566 g/mol. The van der Waals surface area contributed by atoms with Crippen LogP contribution in [-0.2, 0) is 17.8 Å². The number of aryl methyl sites for hydroxylation is 1. The Hall–Kier alpha value is -3.75. The Labute approximate surface area is 244 Å². The van der Waals surface area contributed by atoms with E-state index < -0.39 is 0 Å². The molecule has 1 heterocycles. The molecule has 1 aromatic heterocycles. The number of imidazole rings is 1. The summed E-state index contributed by atoms with van der Waals surface area (Å²) in [6, 6.07) is 11.7. The van der Waals surface area contributed by atoms with E-state index in [1.807, 2.05) is 29.2 Å². The number of hydrogen-bond acceptors (Lipinski definition) is 6. The van der Waals surface area contributed by atoms with Crippen molar-refractivity contribution >= 4 is 22.8 Å². The highest BCUT2D eigenvalue weighted by atomic mass is 16.5. The highest BCUT2D eigenvalue weighted by molar-refractivity contribution is 5.95. The molecule has 2 unspecified atom stereocenters. The minimum absolute atomic E-state index is 0.132. The molecule has 9 heteroatoms. The Morgan fingerprint density at radius 1 is 0.927 bits per heavy atom. The van der Waals surface area contributed by atoms with Crippen LogP contribution in [-0.4, -0.2) is 66.2 Å². The van der Waals surface area contributed by atoms with Crippen molar-refractivity contribution in [1.82, 2.24) is 19.8 Å². The van der Waals surface area contributed by atoms with E-state index in [9.17, 15) is 9.59 Å². The van der Waals surface area contributed by atoms with Gasteiger partial charge in [0, 0.05) is 30.6 Å². The number of benzene rings is 2. The van der Waals surface area contributed by atoms with Crippen molar-refractivity contribution in [2.75, 3.05) is 27.9 Å². The van der Waals surface area contributed by atoms with E-state index in [4.69, 9.17) is 19.2 Å². The summed E-state index contributed by atoms with van der Waals surface area (Å²) in [5, 5.41) is 2.98. The molecule has 1 N–H and O–H groups in total. The first kappa shape index (κ1) is 31.8. The van der Waals surface area contributed by atoms with E-state index in [1.54, 1.807) is 12.1 Å². The maximum atomic E-state index is 13.5. The van der Waals surface area contributed by atoms with Gasteiger partial charge in [-0.05, 0) is 63.8 Å². The number of carbonyl (C=O) groups is 2. The minimum Gasteiger partial charge on any atom is -0.493 e. The van der Waals surface area contributed by atoms with Crippen molar-refractivity contribution in [3.8, 4) is 17.2 Å². The van der Waals surface area contributed by atoms with Gasteiger partial charge in [-0.15, -0.1) is 0 Å². The third-order valence-electron chi connectivity index (χ3n) is 7.74. The number of hydrogen-bond donors (Lipinski definition) is 1. The fourth-order valence-electron chi connectivity index (χ4n) is 5.13. The number of ether oxygens (including phenoxy) is 3. The van der Waals surface area contributed by atoms with Gasteiger partial charge >= 0.3 is 0 Å². The molecule has 3 aromatic rings. The summed E-state index contributed by atoms with van der Waals surface area (Å²) in [6.07, 6.45) is 5.24. The summed E-state index contributed by atoms with van der Waals surface area (Å²) >= 11 is 0. The second kappa shape index (κ2) is 15.3. The molecule has 0 aliphatic carbocycles. The quantitative estimate of drug-likeness (QED) is 0.226. The van der Waals surface area contributed by atoms with Crippen molar-refractivity contribution in [3.63, 3.8) is 0 Å². The van der Waals surface area contributed by atoms with Crippen LogP contribution in [0, 0.1) is 0 Å². The average Bonchev–Trinajstić information content (AvgIpc) is 3.34. The van der Waals surface area contributed by atoms with Gasteiger partial charge in [0.05, 0.1) is 32.4 Å². The average molecular weight is 567 g/mol. The van der Waals surface area contributed by atoms with Crippen LogP contribution in [0.25, 0.3) is 11.0 Å². The number of amides is 2. The molecule has 2 aromatic carbocycles. The molecular weight excluding hydrogens is 520 g/mol. The Bertz CT molecular complexity index is 1270. The lowest BCUT2D eigenvalue weighted by atomic mass is 10.1. The van der Waals surface area contributed by atoms with Gasteiger partial charge in [-0.1, -0.05) is 32.4 Å². The Balaban J connectivity index is 1.60. The topological polar surface area (TPSA) is 94.9 Å². The molecule has 0 bridgehead atoms. The van der Waals surface area contributed by atoms with E-state index in [0.717, 1.165) is 55.4 Å². The maximum absolute atomic E-state index is 13.5. The summed E-state index contributed by atoms with van der Waals surface area (Å²) in [4.78, 5) is 33.2. The number of unbranched alkanes of at least 4 members (excludes halogenated alkanes) is 2. The molecule has 224 valence electrons. The van der Waals surface area contributed by atoms with E-state index in [-0.39, 0.29) is 30.4 Å². The molecule has 0 radical (unpaired) electrons. The van der Waals surface area contributed by atoms with Gasteiger partial charge in [-0.2, -0.15) is 0 Å². The Morgan fingerprint density at radius 3 is 2.15 bits per heavy atom. The lowest BCUT2D eigenvalue weighted by molar-refractivity contribution is -0.136. The molecule has 0 saturated heterocycles. The number of fused-ring (bicyclic) bond motifs is 1. The number of nitrogens with zero attached hydrogens (tertiary/aromatic N) is 3. The van der Waals surface area contributed by atoms with E-state index in [2.05, 4.69) is 37.6 Å². The summed E-state index contributed by atoms with van der Waals surface area (Å²) < 4.78 is 18.1. The second-order valence-corrected chi connectivity index (χ2v) is 10.4. The standard InChI is InChI=1S/C32H46N4O5/c1-8-22(3)36(23(4)9-2)30(37)21-35-26-16-13-12-15-25(26)34-29(35)17-11-10-14-18-33-32(38)24-19-27(39-5)31(41-7)28(20-24)40-6/h12-13,15-16,19-20,22-23H,8-11,14,17-18,21H2,1-7H3,(H,33,38). The summed E-state index contributed by atoms with van der Waals surface area (Å²) in [6.45, 7) is 9.32. The third-order valence-corrected chi connectivity index (χ3v) is 7.74. The van der Waals surface area contributed by atoms with Crippen molar-refractivity contribution in [2.24, 2.45) is 0 Å². The molecule has 0 saturated carbocycles. The summed E-state index contributed by atoms with van der Waals surface area (Å²) in [7, 11) is 4.58. The predicted molar refractivity (Wildman–Crippen MR) is 162 cm³/mol. The molecule has 41 heavy (non-hydrogen) atoms. The van der Waals surface area contributed by atoms with Gasteiger partial charge in [-0.25, -0.2) is 4.98 Å². The minimum atomic E-state index is -0.197. The Kier molecular flexibility index (Phi) is 11.9. The highest BCUT2D eigenvalue weighted by Crippen LogP contribution is 2.38. The lowest BCUT2D eigenvalue weighted by Gasteiger charge is -2.34. The van der Waals surface area contributed by atoms with Gasteiger partial charge in [0.25, 0.3) is 5.91 Å². The number of nitrogens with one attached hydrogen (secondary N) is 1. The van der Waals surface area contributed by atoms with E-state index in [1.165, 1.54) is 21.3 Å². The van der Waals surface area contributed by atoms with Crippen LogP contribution in [0.3, 0.4) is 0 Å². The normalized spacial score (nSPS) is 12.6. The number of aromatic nitrogens is 2. The van der Waals surface area contributed by atoms with Crippen LogP contribution >= 0.6 is 0 Å². The first-order chi connectivity index (χ1) is 19.8. The third kappa shape index (κ3) is 7.71. The first-order valence-electron chi connectivity index (χ1n) is 14.6. The van der Waals surface area contributed by atoms with Gasteiger partial charge in [0.1, 0.15) is 12.4 Å². The molecule has 2 atom stereocenters. The molecule has 2 amide bonds. The predicted octanol–water partition coefficient (Wildman–Crippen LogP) is 5.63. The van der Waals surface area contributed by atoms with E-state index in [0.29, 0.717) is 29.4 Å². The SMILES string of the molecule is CCC(C)N(C(=O)Cn1c(CCCCCNC(=O)c2cc(OC)c(OC)c(OC)c2)nc2ccccc21)C(C)CC. The van der Waals surface area contributed by atoms with Gasteiger partial charge in [-0.3, -0.25) is 9.59 Å². The van der Waals surface area contributed by atoms with E-state index >= 15 is 0 Å². The van der Waals surface area contributed by atoms with Gasteiger partial charge < -0.3 is 29.0 Å². The van der Waals surface area contributed by atoms with Crippen LogP contribution in [0.4, 0.5) is 0 Å². The zero-order valence-electron chi connectivity index (χ0n) is 25.7. The van der Waals surface area contributed by atoms with Crippen LogP contribution < -0.4 is 19.5 Å². The lowest BCUT2D eigenvalue weighted by Crippen LogP contribution is -2.45. The zero-order valence-corrected chi connectivity index (χ0v) is 25.7. The van der Waals surface area contributed by atoms with Crippen molar-refractivity contribution in [3.05, 3.63) is 47.8 Å². The van der Waals surface area contributed by atoms with Crippen LogP contribution in [0.2, 0.25) is 0 Å². The molecule has 3 rings (SSSR count). The molecule has 0 aliphatic rings. The van der Waals surface area contributed by atoms with Crippen molar-refractivity contribution in [2.45, 2.75) is 84.8 Å². The molecular formula is C32H46N4O5. The molecule has 9 nitrogen and oxygen atoms in total. The molecule has 0 fully saturated rings. The number of para-hydroxylation sites is 2. The smallest absolute Gasteiger partial charge is 0.251 e. The zero-order chi connectivity index (χ0) is 29.9. The highest BCUT2D eigenvalue weighted by Gasteiger charge is 2.25. The van der Waals surface area contributed by atoms with Crippen molar-refractivity contribution in [1.29, 1.82) is 0 Å².